The van der Waals surface area contributed by atoms with Gasteiger partial charge in [-0.3, -0.25) is 9.59 Å². The number of nitrogens with one attached hydrogen (secondary N) is 1. The van der Waals surface area contributed by atoms with Crippen molar-refractivity contribution >= 4 is 28.3 Å². The minimum atomic E-state index is -0.894. The summed E-state index contributed by atoms with van der Waals surface area (Å²) in [5.74, 6) is 0.421. The first-order valence-corrected chi connectivity index (χ1v) is 9.70. The lowest BCUT2D eigenvalue weighted by molar-refractivity contribution is -0.153. The largest absolute Gasteiger partial charge is 0.493 e. The van der Waals surface area contributed by atoms with E-state index >= 15 is 0 Å². The van der Waals surface area contributed by atoms with Crippen LogP contribution in [0.4, 0.5) is 5.69 Å². The fourth-order valence-corrected chi connectivity index (χ4v) is 3.10. The van der Waals surface area contributed by atoms with Gasteiger partial charge >= 0.3 is 5.97 Å². The van der Waals surface area contributed by atoms with E-state index in [-0.39, 0.29) is 12.3 Å². The second-order valence-electron chi connectivity index (χ2n) is 6.87. The second-order valence-corrected chi connectivity index (χ2v) is 6.87. The standard InChI is InChI=1S/C24H25NO5/c1-16(24(27)25-20-11-10-18-6-4-5-7-19(18)15-20)30-23(26)13-9-17-8-12-21(28-2)22(14-17)29-3/h4-8,10-12,14-16H,9,13H2,1-3H3,(H,25,27)/t16-/m1/s1. The number of aryl methyl sites for hydroxylation is 1. The molecule has 0 saturated carbocycles. The van der Waals surface area contributed by atoms with E-state index in [2.05, 4.69) is 5.32 Å². The molecule has 0 unspecified atom stereocenters. The number of anilines is 1. The normalized spacial score (nSPS) is 11.6. The summed E-state index contributed by atoms with van der Waals surface area (Å²) < 4.78 is 15.8. The average Bonchev–Trinajstić information content (AvgIpc) is 2.77. The summed E-state index contributed by atoms with van der Waals surface area (Å²) in [4.78, 5) is 24.6. The maximum absolute atomic E-state index is 12.4. The minimum absolute atomic E-state index is 0.156. The Morgan fingerprint density at radius 1 is 0.900 bits per heavy atom. The Morgan fingerprint density at radius 3 is 2.37 bits per heavy atom. The van der Waals surface area contributed by atoms with Crippen LogP contribution in [0.25, 0.3) is 10.8 Å². The van der Waals surface area contributed by atoms with Crippen LogP contribution in [0.2, 0.25) is 0 Å². The number of methoxy groups -OCH3 is 2. The van der Waals surface area contributed by atoms with Crippen molar-refractivity contribution in [2.45, 2.75) is 25.9 Å². The van der Waals surface area contributed by atoms with Gasteiger partial charge in [0.2, 0.25) is 0 Å². The zero-order valence-electron chi connectivity index (χ0n) is 17.3. The molecule has 1 N–H and O–H groups in total. The Kier molecular flexibility index (Phi) is 6.91. The van der Waals surface area contributed by atoms with Crippen molar-refractivity contribution in [1.82, 2.24) is 0 Å². The smallest absolute Gasteiger partial charge is 0.306 e. The molecule has 0 aliphatic carbocycles. The first-order chi connectivity index (χ1) is 14.5. The zero-order valence-corrected chi connectivity index (χ0v) is 17.3. The highest BCUT2D eigenvalue weighted by Gasteiger charge is 2.18. The molecule has 1 atom stereocenters. The van der Waals surface area contributed by atoms with Crippen LogP contribution >= 0.6 is 0 Å². The molecule has 0 aromatic heterocycles. The van der Waals surface area contributed by atoms with E-state index in [0.29, 0.717) is 23.6 Å². The van der Waals surface area contributed by atoms with E-state index < -0.39 is 12.1 Å². The van der Waals surface area contributed by atoms with E-state index in [4.69, 9.17) is 14.2 Å². The third-order valence-corrected chi connectivity index (χ3v) is 4.76. The fraction of sp³-hybridized carbons (Fsp3) is 0.250. The molecule has 156 valence electrons. The van der Waals surface area contributed by atoms with Crippen LogP contribution in [0.15, 0.2) is 60.7 Å². The van der Waals surface area contributed by atoms with Crippen molar-refractivity contribution in [2.75, 3.05) is 19.5 Å². The summed E-state index contributed by atoms with van der Waals surface area (Å²) in [6.07, 6.45) is -0.268. The number of hydrogen-bond donors (Lipinski definition) is 1. The molecule has 1 amide bonds. The van der Waals surface area contributed by atoms with E-state index in [1.165, 1.54) is 0 Å². The number of fused-ring (bicyclic) bond motifs is 1. The van der Waals surface area contributed by atoms with Gasteiger partial charge in [-0.25, -0.2) is 0 Å². The first-order valence-electron chi connectivity index (χ1n) is 9.70. The molecule has 0 saturated heterocycles. The second kappa shape index (κ2) is 9.78. The molecule has 0 aliphatic heterocycles. The van der Waals surface area contributed by atoms with Crippen molar-refractivity contribution in [2.24, 2.45) is 0 Å². The van der Waals surface area contributed by atoms with Crippen molar-refractivity contribution in [3.63, 3.8) is 0 Å². The predicted molar refractivity (Wildman–Crippen MR) is 116 cm³/mol. The van der Waals surface area contributed by atoms with Gasteiger partial charge in [0.1, 0.15) is 0 Å². The lowest BCUT2D eigenvalue weighted by Crippen LogP contribution is -2.30. The monoisotopic (exact) mass is 407 g/mol. The number of amides is 1. The van der Waals surface area contributed by atoms with Gasteiger partial charge in [-0.2, -0.15) is 0 Å². The molecule has 0 fully saturated rings. The van der Waals surface area contributed by atoms with Crippen LogP contribution in [-0.2, 0) is 20.7 Å². The summed E-state index contributed by atoms with van der Waals surface area (Å²) >= 11 is 0. The van der Waals surface area contributed by atoms with Gasteiger partial charge in [-0.1, -0.05) is 36.4 Å². The highest BCUT2D eigenvalue weighted by molar-refractivity contribution is 5.97. The lowest BCUT2D eigenvalue weighted by Gasteiger charge is -2.14. The molecular formula is C24H25NO5. The number of esters is 1. The number of ether oxygens (including phenoxy) is 3. The molecule has 3 rings (SSSR count). The molecule has 0 spiro atoms. The van der Waals surface area contributed by atoms with Gasteiger partial charge in [0.15, 0.2) is 17.6 Å². The van der Waals surface area contributed by atoms with E-state index in [0.717, 1.165) is 16.3 Å². The Labute approximate surface area is 175 Å². The quantitative estimate of drug-likeness (QED) is 0.562. The van der Waals surface area contributed by atoms with Crippen molar-refractivity contribution in [1.29, 1.82) is 0 Å². The summed E-state index contributed by atoms with van der Waals surface area (Å²) in [7, 11) is 3.13. The first kappa shape index (κ1) is 21.2. The number of benzene rings is 3. The fourth-order valence-electron chi connectivity index (χ4n) is 3.10. The molecule has 3 aromatic rings. The predicted octanol–water partition coefficient (Wildman–Crippen LogP) is 4.36. The van der Waals surface area contributed by atoms with Gasteiger partial charge in [0.25, 0.3) is 5.91 Å². The van der Waals surface area contributed by atoms with E-state index in [1.807, 2.05) is 54.6 Å². The Bertz CT molecular complexity index is 1050. The Balaban J connectivity index is 1.52. The molecule has 0 bridgehead atoms. The lowest BCUT2D eigenvalue weighted by atomic mass is 10.1. The Hall–Kier alpha value is -3.54. The Morgan fingerprint density at radius 2 is 1.63 bits per heavy atom. The van der Waals surface area contributed by atoms with Crippen LogP contribution in [0.1, 0.15) is 18.9 Å². The highest BCUT2D eigenvalue weighted by atomic mass is 16.5. The van der Waals surface area contributed by atoms with Gasteiger partial charge in [-0.15, -0.1) is 0 Å². The minimum Gasteiger partial charge on any atom is -0.493 e. The van der Waals surface area contributed by atoms with Gasteiger partial charge in [0, 0.05) is 12.1 Å². The number of rotatable bonds is 8. The number of hydrogen-bond acceptors (Lipinski definition) is 5. The zero-order chi connectivity index (χ0) is 21.5. The SMILES string of the molecule is COc1ccc(CCC(=O)O[C@H](C)C(=O)Nc2ccc3ccccc3c2)cc1OC. The summed E-state index contributed by atoms with van der Waals surface area (Å²) in [5, 5.41) is 4.91. The summed E-state index contributed by atoms with van der Waals surface area (Å²) in [5.41, 5.74) is 1.57. The molecule has 30 heavy (non-hydrogen) atoms. The summed E-state index contributed by atoms with van der Waals surface area (Å²) in [6, 6.07) is 19.0. The maximum atomic E-state index is 12.4. The third kappa shape index (κ3) is 5.29. The van der Waals surface area contributed by atoms with Crippen LogP contribution in [0.5, 0.6) is 11.5 Å². The van der Waals surface area contributed by atoms with Gasteiger partial charge in [0.05, 0.1) is 14.2 Å². The van der Waals surface area contributed by atoms with Crippen LogP contribution in [0, 0.1) is 0 Å². The molecule has 6 nitrogen and oxygen atoms in total. The maximum Gasteiger partial charge on any atom is 0.306 e. The molecule has 0 radical (unpaired) electrons. The topological polar surface area (TPSA) is 73.9 Å². The van der Waals surface area contributed by atoms with E-state index in [1.54, 1.807) is 27.2 Å². The van der Waals surface area contributed by atoms with Crippen LogP contribution in [0.3, 0.4) is 0 Å². The number of carbonyl (C=O) groups is 2. The molecule has 6 heteroatoms. The molecule has 0 aliphatic rings. The van der Waals surface area contributed by atoms with Crippen molar-refractivity contribution in [3.05, 3.63) is 66.2 Å². The van der Waals surface area contributed by atoms with Gasteiger partial charge in [-0.05, 0) is 53.9 Å². The summed E-state index contributed by atoms with van der Waals surface area (Å²) in [6.45, 7) is 1.56. The highest BCUT2D eigenvalue weighted by Crippen LogP contribution is 2.28. The average molecular weight is 407 g/mol. The van der Waals surface area contributed by atoms with Crippen molar-refractivity contribution < 1.29 is 23.8 Å². The molecule has 3 aromatic carbocycles. The van der Waals surface area contributed by atoms with Crippen LogP contribution < -0.4 is 14.8 Å². The van der Waals surface area contributed by atoms with E-state index in [9.17, 15) is 9.59 Å². The van der Waals surface area contributed by atoms with Crippen LogP contribution in [-0.4, -0.2) is 32.2 Å². The third-order valence-electron chi connectivity index (χ3n) is 4.76. The van der Waals surface area contributed by atoms with Crippen molar-refractivity contribution in [3.8, 4) is 11.5 Å². The molecular weight excluding hydrogens is 382 g/mol. The van der Waals surface area contributed by atoms with Gasteiger partial charge < -0.3 is 19.5 Å². The number of carbonyl (C=O) groups excluding carboxylic acids is 2. The molecule has 0 heterocycles.